The number of nitrogens with zero attached hydrogens (tertiary/aromatic N) is 2. The average molecular weight is 261 g/mol. The normalized spacial score (nSPS) is 20.6. The highest BCUT2D eigenvalue weighted by Crippen LogP contribution is 2.13. The van der Waals surface area contributed by atoms with Gasteiger partial charge in [-0.15, -0.1) is 0 Å². The van der Waals surface area contributed by atoms with Crippen LogP contribution in [0.15, 0.2) is 24.3 Å². The van der Waals surface area contributed by atoms with E-state index >= 15 is 0 Å². The third-order valence-corrected chi connectivity index (χ3v) is 3.90. The summed E-state index contributed by atoms with van der Waals surface area (Å²) in [5, 5.41) is 0. The van der Waals surface area contributed by atoms with E-state index in [4.69, 9.17) is 5.73 Å². The molecular weight excluding hydrogens is 238 g/mol. The molecule has 1 atom stereocenters. The summed E-state index contributed by atoms with van der Waals surface area (Å²) < 4.78 is 0. The highest BCUT2D eigenvalue weighted by molar-refractivity contribution is 5.94. The van der Waals surface area contributed by atoms with Crippen LogP contribution in [0.2, 0.25) is 0 Å². The molecular formula is C15H23N3O. The van der Waals surface area contributed by atoms with Crippen LogP contribution in [0, 0.1) is 0 Å². The monoisotopic (exact) mass is 261 g/mol. The molecule has 104 valence electrons. The van der Waals surface area contributed by atoms with E-state index in [1.54, 1.807) is 0 Å². The van der Waals surface area contributed by atoms with Gasteiger partial charge in [0.25, 0.3) is 5.91 Å². The Kier molecular flexibility index (Phi) is 4.56. The van der Waals surface area contributed by atoms with Crippen molar-refractivity contribution in [2.75, 3.05) is 26.2 Å². The fourth-order valence-electron chi connectivity index (χ4n) is 2.62. The minimum Gasteiger partial charge on any atom is -0.336 e. The Labute approximate surface area is 115 Å². The molecule has 4 heteroatoms. The number of piperazine rings is 1. The zero-order chi connectivity index (χ0) is 13.8. The largest absolute Gasteiger partial charge is 0.336 e. The fraction of sp³-hybridized carbons (Fsp3) is 0.533. The topological polar surface area (TPSA) is 49.6 Å². The van der Waals surface area contributed by atoms with E-state index in [1.807, 2.05) is 29.2 Å². The third-order valence-electron chi connectivity index (χ3n) is 3.90. The first-order chi connectivity index (χ1) is 9.15. The van der Waals surface area contributed by atoms with Crippen LogP contribution in [0.4, 0.5) is 0 Å². The predicted molar refractivity (Wildman–Crippen MR) is 76.9 cm³/mol. The standard InChI is InChI=1S/C15H23N3O/c1-3-17-8-9-18(11-12(17)2)15(19)14-6-4-13(10-16)5-7-14/h4-7,12H,3,8-11,16H2,1-2H3. The van der Waals surface area contributed by atoms with Gasteiger partial charge in [0, 0.05) is 37.8 Å². The van der Waals surface area contributed by atoms with Crippen LogP contribution in [0.5, 0.6) is 0 Å². The molecule has 1 aliphatic heterocycles. The second-order valence-electron chi connectivity index (χ2n) is 5.13. The molecule has 1 unspecified atom stereocenters. The van der Waals surface area contributed by atoms with Gasteiger partial charge < -0.3 is 10.6 Å². The van der Waals surface area contributed by atoms with Crippen LogP contribution in [-0.2, 0) is 6.54 Å². The molecule has 1 aromatic carbocycles. The maximum absolute atomic E-state index is 12.4. The number of benzene rings is 1. The minimum absolute atomic E-state index is 0.131. The van der Waals surface area contributed by atoms with E-state index in [-0.39, 0.29) is 5.91 Å². The molecule has 1 saturated heterocycles. The summed E-state index contributed by atoms with van der Waals surface area (Å²) in [4.78, 5) is 16.8. The summed E-state index contributed by atoms with van der Waals surface area (Å²) in [5.41, 5.74) is 7.38. The summed E-state index contributed by atoms with van der Waals surface area (Å²) in [7, 11) is 0. The summed E-state index contributed by atoms with van der Waals surface area (Å²) in [6.07, 6.45) is 0. The van der Waals surface area contributed by atoms with E-state index in [2.05, 4.69) is 18.7 Å². The first kappa shape index (κ1) is 14.0. The molecule has 0 saturated carbocycles. The molecule has 1 fully saturated rings. The Bertz CT molecular complexity index is 430. The predicted octanol–water partition coefficient (Wildman–Crippen LogP) is 1.31. The maximum atomic E-state index is 12.4. The van der Waals surface area contributed by atoms with Crippen molar-refractivity contribution in [1.82, 2.24) is 9.80 Å². The Hall–Kier alpha value is -1.39. The van der Waals surface area contributed by atoms with Gasteiger partial charge in [-0.1, -0.05) is 19.1 Å². The second-order valence-corrected chi connectivity index (χ2v) is 5.13. The van der Waals surface area contributed by atoms with Crippen molar-refractivity contribution < 1.29 is 4.79 Å². The molecule has 0 radical (unpaired) electrons. The Morgan fingerprint density at radius 3 is 2.53 bits per heavy atom. The zero-order valence-electron chi connectivity index (χ0n) is 11.8. The van der Waals surface area contributed by atoms with Crippen molar-refractivity contribution in [3.63, 3.8) is 0 Å². The van der Waals surface area contributed by atoms with Gasteiger partial charge in [-0.3, -0.25) is 9.69 Å². The molecule has 0 spiro atoms. The van der Waals surface area contributed by atoms with Crippen LogP contribution >= 0.6 is 0 Å². The van der Waals surface area contributed by atoms with Gasteiger partial charge in [0.1, 0.15) is 0 Å². The Morgan fingerprint density at radius 1 is 1.32 bits per heavy atom. The van der Waals surface area contributed by atoms with Crippen LogP contribution < -0.4 is 5.73 Å². The summed E-state index contributed by atoms with van der Waals surface area (Å²) >= 11 is 0. The first-order valence-electron chi connectivity index (χ1n) is 6.98. The van der Waals surface area contributed by atoms with E-state index in [9.17, 15) is 4.79 Å². The summed E-state index contributed by atoms with van der Waals surface area (Å²) in [6, 6.07) is 8.05. The van der Waals surface area contributed by atoms with Gasteiger partial charge in [0.05, 0.1) is 0 Å². The Morgan fingerprint density at radius 2 is 2.00 bits per heavy atom. The molecule has 1 aliphatic rings. The molecule has 0 aromatic heterocycles. The average Bonchev–Trinajstić information content (AvgIpc) is 2.46. The van der Waals surface area contributed by atoms with Gasteiger partial charge in [0.15, 0.2) is 0 Å². The number of carbonyl (C=O) groups is 1. The quantitative estimate of drug-likeness (QED) is 0.892. The highest BCUT2D eigenvalue weighted by Gasteiger charge is 2.26. The highest BCUT2D eigenvalue weighted by atomic mass is 16.2. The molecule has 4 nitrogen and oxygen atoms in total. The van der Waals surface area contributed by atoms with E-state index in [1.165, 1.54) is 0 Å². The SMILES string of the molecule is CCN1CCN(C(=O)c2ccc(CN)cc2)CC1C. The number of hydrogen-bond donors (Lipinski definition) is 1. The molecule has 19 heavy (non-hydrogen) atoms. The molecule has 2 N–H and O–H groups in total. The lowest BCUT2D eigenvalue weighted by molar-refractivity contribution is 0.0528. The van der Waals surface area contributed by atoms with E-state index in [0.717, 1.165) is 37.3 Å². The van der Waals surface area contributed by atoms with Crippen molar-refractivity contribution in [1.29, 1.82) is 0 Å². The third kappa shape index (κ3) is 3.14. The zero-order valence-corrected chi connectivity index (χ0v) is 11.8. The number of carbonyl (C=O) groups excluding carboxylic acids is 1. The van der Waals surface area contributed by atoms with Crippen molar-refractivity contribution in [2.45, 2.75) is 26.4 Å². The molecule has 1 heterocycles. The number of rotatable bonds is 3. The van der Waals surface area contributed by atoms with Gasteiger partial charge in [0.2, 0.25) is 0 Å². The molecule has 0 bridgehead atoms. The second kappa shape index (κ2) is 6.17. The molecule has 1 aromatic rings. The lowest BCUT2D eigenvalue weighted by Gasteiger charge is -2.39. The van der Waals surface area contributed by atoms with Crippen molar-refractivity contribution in [3.05, 3.63) is 35.4 Å². The van der Waals surface area contributed by atoms with Crippen LogP contribution in [0.1, 0.15) is 29.8 Å². The van der Waals surface area contributed by atoms with Crippen LogP contribution in [0.25, 0.3) is 0 Å². The molecule has 0 aliphatic carbocycles. The fourth-order valence-corrected chi connectivity index (χ4v) is 2.62. The number of likely N-dealkylation sites (N-methyl/N-ethyl adjacent to an activating group) is 1. The van der Waals surface area contributed by atoms with Crippen molar-refractivity contribution in [3.8, 4) is 0 Å². The van der Waals surface area contributed by atoms with Crippen LogP contribution in [0.3, 0.4) is 0 Å². The van der Waals surface area contributed by atoms with Crippen molar-refractivity contribution >= 4 is 5.91 Å². The van der Waals surface area contributed by atoms with Gasteiger partial charge >= 0.3 is 0 Å². The van der Waals surface area contributed by atoms with Gasteiger partial charge in [-0.2, -0.15) is 0 Å². The maximum Gasteiger partial charge on any atom is 0.253 e. The summed E-state index contributed by atoms with van der Waals surface area (Å²) in [5.74, 6) is 0.131. The number of hydrogen-bond acceptors (Lipinski definition) is 3. The Balaban J connectivity index is 2.03. The number of amides is 1. The minimum atomic E-state index is 0.131. The van der Waals surface area contributed by atoms with Crippen molar-refractivity contribution in [2.24, 2.45) is 5.73 Å². The first-order valence-corrected chi connectivity index (χ1v) is 6.98. The van der Waals surface area contributed by atoms with Crippen LogP contribution in [-0.4, -0.2) is 47.9 Å². The smallest absolute Gasteiger partial charge is 0.253 e. The molecule has 1 amide bonds. The summed E-state index contributed by atoms with van der Waals surface area (Å²) in [6.45, 7) is 8.50. The van der Waals surface area contributed by atoms with E-state index < -0.39 is 0 Å². The van der Waals surface area contributed by atoms with E-state index in [0.29, 0.717) is 12.6 Å². The van der Waals surface area contributed by atoms with Gasteiger partial charge in [-0.25, -0.2) is 0 Å². The van der Waals surface area contributed by atoms with Gasteiger partial charge in [-0.05, 0) is 31.2 Å². The molecule has 2 rings (SSSR count). The number of nitrogens with two attached hydrogens (primary N) is 1. The lowest BCUT2D eigenvalue weighted by atomic mass is 10.1. The lowest BCUT2D eigenvalue weighted by Crippen LogP contribution is -2.53.